The average Bonchev–Trinajstić information content (AvgIpc) is 2.98. The maximum Gasteiger partial charge on any atom is 0.191 e. The van der Waals surface area contributed by atoms with Gasteiger partial charge >= 0.3 is 0 Å². The van der Waals surface area contributed by atoms with Crippen LogP contribution in [0.3, 0.4) is 0 Å². The zero-order chi connectivity index (χ0) is 17.3. The standard InChI is InChI=1S/C20H31N3O/c1-6-21-19(22-12-15-8-7-13(2)11-14(15)3)23-17-16-9-10-24-18(16)20(17,4)5/h7-8,11,16-18H,6,9-10,12H2,1-5H3,(H2,21,22,23). The van der Waals surface area contributed by atoms with Crippen molar-refractivity contribution in [3.05, 3.63) is 34.9 Å². The number of guanidine groups is 1. The van der Waals surface area contributed by atoms with Crippen molar-refractivity contribution < 1.29 is 4.74 Å². The van der Waals surface area contributed by atoms with E-state index in [0.717, 1.165) is 25.5 Å². The van der Waals surface area contributed by atoms with Crippen molar-refractivity contribution >= 4 is 5.96 Å². The van der Waals surface area contributed by atoms with Crippen molar-refractivity contribution in [3.8, 4) is 0 Å². The summed E-state index contributed by atoms with van der Waals surface area (Å²) in [6, 6.07) is 7.00. The van der Waals surface area contributed by atoms with Gasteiger partial charge in [-0.3, -0.25) is 0 Å². The van der Waals surface area contributed by atoms with E-state index >= 15 is 0 Å². The number of benzene rings is 1. The maximum absolute atomic E-state index is 5.89. The Bertz CT molecular complexity index is 623. The number of aliphatic imine (C=N–C) groups is 1. The van der Waals surface area contributed by atoms with Gasteiger partial charge in [-0.15, -0.1) is 0 Å². The van der Waals surface area contributed by atoms with Gasteiger partial charge in [0.05, 0.1) is 12.6 Å². The summed E-state index contributed by atoms with van der Waals surface area (Å²) in [7, 11) is 0. The summed E-state index contributed by atoms with van der Waals surface area (Å²) in [4.78, 5) is 4.83. The highest BCUT2D eigenvalue weighted by atomic mass is 16.5. The summed E-state index contributed by atoms with van der Waals surface area (Å²) in [5.41, 5.74) is 4.06. The SMILES string of the molecule is CCNC(=NCc1ccc(C)cc1C)NC1C2CCOC2C1(C)C. The molecule has 2 aliphatic rings. The molecule has 0 amide bonds. The van der Waals surface area contributed by atoms with Crippen molar-refractivity contribution in [2.45, 2.75) is 59.7 Å². The number of ether oxygens (including phenoxy) is 1. The van der Waals surface area contributed by atoms with Gasteiger partial charge in [-0.05, 0) is 38.3 Å². The van der Waals surface area contributed by atoms with Crippen LogP contribution in [0.1, 0.15) is 43.9 Å². The molecule has 0 bridgehead atoms. The second-order valence-corrected chi connectivity index (χ2v) is 7.81. The second kappa shape index (κ2) is 6.75. The maximum atomic E-state index is 5.89. The van der Waals surface area contributed by atoms with Gasteiger partial charge in [0, 0.05) is 30.5 Å². The Balaban J connectivity index is 1.70. The number of nitrogens with zero attached hydrogens (tertiary/aromatic N) is 1. The lowest BCUT2D eigenvalue weighted by atomic mass is 9.57. The lowest BCUT2D eigenvalue weighted by Crippen LogP contribution is -2.67. The predicted molar refractivity (Wildman–Crippen MR) is 99.3 cm³/mol. The van der Waals surface area contributed by atoms with E-state index < -0.39 is 0 Å². The van der Waals surface area contributed by atoms with E-state index in [9.17, 15) is 0 Å². The first-order chi connectivity index (χ1) is 11.4. The molecule has 1 aromatic carbocycles. The van der Waals surface area contributed by atoms with Gasteiger partial charge in [0.1, 0.15) is 0 Å². The molecule has 3 unspecified atom stereocenters. The average molecular weight is 329 g/mol. The molecule has 4 heteroatoms. The zero-order valence-corrected chi connectivity index (χ0v) is 15.6. The van der Waals surface area contributed by atoms with E-state index in [4.69, 9.17) is 9.73 Å². The van der Waals surface area contributed by atoms with Crippen LogP contribution in [0.5, 0.6) is 0 Å². The zero-order valence-electron chi connectivity index (χ0n) is 15.6. The van der Waals surface area contributed by atoms with E-state index in [1.54, 1.807) is 0 Å². The lowest BCUT2D eigenvalue weighted by Gasteiger charge is -2.54. The summed E-state index contributed by atoms with van der Waals surface area (Å²) in [5, 5.41) is 7.07. The van der Waals surface area contributed by atoms with E-state index in [2.05, 4.69) is 63.5 Å². The van der Waals surface area contributed by atoms with Crippen LogP contribution in [0, 0.1) is 25.2 Å². The number of fused-ring (bicyclic) bond motifs is 1. The molecule has 0 aromatic heterocycles. The van der Waals surface area contributed by atoms with Crippen molar-refractivity contribution in [2.75, 3.05) is 13.2 Å². The van der Waals surface area contributed by atoms with Crippen LogP contribution in [0.4, 0.5) is 0 Å². The molecule has 2 N–H and O–H groups in total. The molecule has 1 aliphatic heterocycles. The first-order valence-corrected chi connectivity index (χ1v) is 9.16. The first-order valence-electron chi connectivity index (χ1n) is 9.16. The van der Waals surface area contributed by atoms with Gasteiger partial charge in [-0.1, -0.05) is 37.6 Å². The monoisotopic (exact) mass is 329 g/mol. The summed E-state index contributed by atoms with van der Waals surface area (Å²) < 4.78 is 5.89. The van der Waals surface area contributed by atoms with Crippen LogP contribution in [0.15, 0.2) is 23.2 Å². The van der Waals surface area contributed by atoms with Gasteiger partial charge in [0.15, 0.2) is 5.96 Å². The lowest BCUT2D eigenvalue weighted by molar-refractivity contribution is -0.106. The number of aryl methyl sites for hydroxylation is 2. The number of hydrogen-bond acceptors (Lipinski definition) is 2. The minimum absolute atomic E-state index is 0.164. The molecule has 1 saturated carbocycles. The molecule has 132 valence electrons. The molecule has 4 nitrogen and oxygen atoms in total. The van der Waals surface area contributed by atoms with Crippen LogP contribution in [-0.4, -0.2) is 31.3 Å². The highest BCUT2D eigenvalue weighted by Gasteiger charge is 2.59. The summed E-state index contributed by atoms with van der Waals surface area (Å²) >= 11 is 0. The molecule has 2 fully saturated rings. The largest absolute Gasteiger partial charge is 0.377 e. The molecular formula is C20H31N3O. The van der Waals surface area contributed by atoms with Gasteiger partial charge in [0.25, 0.3) is 0 Å². The van der Waals surface area contributed by atoms with Crippen LogP contribution in [0.25, 0.3) is 0 Å². The second-order valence-electron chi connectivity index (χ2n) is 7.81. The van der Waals surface area contributed by atoms with Crippen molar-refractivity contribution in [3.63, 3.8) is 0 Å². The Morgan fingerprint density at radius 3 is 2.83 bits per heavy atom. The fourth-order valence-electron chi connectivity index (χ4n) is 4.27. The van der Waals surface area contributed by atoms with Crippen LogP contribution in [-0.2, 0) is 11.3 Å². The van der Waals surface area contributed by atoms with Gasteiger partial charge in [0.2, 0.25) is 0 Å². The Hall–Kier alpha value is -1.55. The summed E-state index contributed by atoms with van der Waals surface area (Å²) in [6.07, 6.45) is 1.56. The molecule has 3 atom stereocenters. The number of hydrogen-bond donors (Lipinski definition) is 2. The van der Waals surface area contributed by atoms with E-state index in [-0.39, 0.29) is 5.41 Å². The smallest absolute Gasteiger partial charge is 0.191 e. The molecule has 1 aromatic rings. The van der Waals surface area contributed by atoms with Crippen molar-refractivity contribution in [1.82, 2.24) is 10.6 Å². The molecule has 3 rings (SSSR count). The molecule has 0 radical (unpaired) electrons. The Kier molecular flexibility index (Phi) is 4.86. The fourth-order valence-corrected chi connectivity index (χ4v) is 4.27. The van der Waals surface area contributed by atoms with Crippen LogP contribution < -0.4 is 10.6 Å². The molecule has 1 saturated heterocycles. The minimum atomic E-state index is 0.164. The molecular weight excluding hydrogens is 298 g/mol. The Labute approximate surface area is 146 Å². The molecule has 0 spiro atoms. The minimum Gasteiger partial charge on any atom is -0.377 e. The molecule has 24 heavy (non-hydrogen) atoms. The van der Waals surface area contributed by atoms with Crippen LogP contribution >= 0.6 is 0 Å². The fraction of sp³-hybridized carbons (Fsp3) is 0.650. The van der Waals surface area contributed by atoms with E-state index in [0.29, 0.717) is 24.6 Å². The molecule has 1 heterocycles. The number of rotatable bonds is 4. The highest BCUT2D eigenvalue weighted by molar-refractivity contribution is 5.80. The van der Waals surface area contributed by atoms with Crippen molar-refractivity contribution in [1.29, 1.82) is 0 Å². The van der Waals surface area contributed by atoms with E-state index in [1.165, 1.54) is 16.7 Å². The normalized spacial score (nSPS) is 28.2. The third-order valence-electron chi connectivity index (χ3n) is 5.64. The van der Waals surface area contributed by atoms with Gasteiger partial charge in [-0.25, -0.2) is 4.99 Å². The van der Waals surface area contributed by atoms with E-state index in [1.807, 2.05) is 0 Å². The number of nitrogens with one attached hydrogen (secondary N) is 2. The third-order valence-corrected chi connectivity index (χ3v) is 5.64. The predicted octanol–water partition coefficient (Wildman–Crippen LogP) is 3.17. The highest BCUT2D eigenvalue weighted by Crippen LogP contribution is 2.52. The van der Waals surface area contributed by atoms with Crippen LogP contribution in [0.2, 0.25) is 0 Å². The first kappa shape index (κ1) is 17.3. The van der Waals surface area contributed by atoms with Crippen molar-refractivity contribution in [2.24, 2.45) is 16.3 Å². The van der Waals surface area contributed by atoms with Gasteiger partial charge < -0.3 is 15.4 Å². The Morgan fingerprint density at radius 1 is 1.33 bits per heavy atom. The van der Waals surface area contributed by atoms with Gasteiger partial charge in [-0.2, -0.15) is 0 Å². The summed E-state index contributed by atoms with van der Waals surface area (Å²) in [6.45, 7) is 13.5. The topological polar surface area (TPSA) is 45.7 Å². The quantitative estimate of drug-likeness (QED) is 0.659. The summed E-state index contributed by atoms with van der Waals surface area (Å²) in [5.74, 6) is 1.53. The Morgan fingerprint density at radius 2 is 2.12 bits per heavy atom. The molecule has 1 aliphatic carbocycles. The third kappa shape index (κ3) is 3.16.